The molecule has 0 aromatic carbocycles. The van der Waals surface area contributed by atoms with Gasteiger partial charge in [0.15, 0.2) is 0 Å². The van der Waals surface area contributed by atoms with E-state index in [9.17, 15) is 4.79 Å². The molecule has 4 nitrogen and oxygen atoms in total. The minimum atomic E-state index is -0.639. The van der Waals surface area contributed by atoms with Crippen LogP contribution in [0.3, 0.4) is 0 Å². The summed E-state index contributed by atoms with van der Waals surface area (Å²) in [6.07, 6.45) is 27.1. The van der Waals surface area contributed by atoms with Crippen molar-refractivity contribution < 1.29 is 30.7 Å². The summed E-state index contributed by atoms with van der Waals surface area (Å²) in [6.45, 7) is 8.57. The molecule has 210 valence electrons. The molecule has 7 heteroatoms. The van der Waals surface area contributed by atoms with Gasteiger partial charge in [-0.05, 0) is 18.8 Å². The molecule has 0 aromatic rings. The van der Waals surface area contributed by atoms with Gasteiger partial charge in [0.25, 0.3) is 10.5 Å². The standard InChI is InChI=1S/C27H55NOS.CH3NOS.Mo/c1-4-7-9-10-11-12-13-14-15-16-17-18-19-20-21-22-24-28(27(29)30)25-26(6-3)23-8-5-2;2-1(3)4;/h26H,4-25H2,1-3H3,(H,29,30);(H3,2,3,4);. The molecule has 0 heterocycles. The molecule has 0 aliphatic heterocycles. The van der Waals surface area contributed by atoms with Gasteiger partial charge in [-0.3, -0.25) is 9.59 Å². The summed E-state index contributed by atoms with van der Waals surface area (Å²) in [7, 11) is 0. The van der Waals surface area contributed by atoms with Crippen LogP contribution >= 0.6 is 25.3 Å². The van der Waals surface area contributed by atoms with E-state index in [1.165, 1.54) is 116 Å². The molecule has 2 N–H and O–H groups in total. The third-order valence-electron chi connectivity index (χ3n) is 6.57. The van der Waals surface area contributed by atoms with Gasteiger partial charge in [-0.25, -0.2) is 0 Å². The summed E-state index contributed by atoms with van der Waals surface area (Å²) in [4.78, 5) is 22.9. The van der Waals surface area contributed by atoms with Crippen LogP contribution in [-0.2, 0) is 21.1 Å². The first-order chi connectivity index (χ1) is 16.4. The second-order valence-corrected chi connectivity index (χ2v) is 10.6. The number of thiol groups is 2. The number of hydrogen-bond donors (Lipinski definition) is 3. The van der Waals surface area contributed by atoms with E-state index < -0.39 is 5.24 Å². The Morgan fingerprint density at radius 2 is 1.00 bits per heavy atom. The van der Waals surface area contributed by atoms with Gasteiger partial charge in [0.2, 0.25) is 0 Å². The molecule has 0 saturated heterocycles. The Labute approximate surface area is 244 Å². The van der Waals surface area contributed by atoms with E-state index in [0.717, 1.165) is 25.9 Å². The van der Waals surface area contributed by atoms with Crippen LogP contribution in [0.25, 0.3) is 0 Å². The Morgan fingerprint density at radius 3 is 1.31 bits per heavy atom. The van der Waals surface area contributed by atoms with E-state index in [1.54, 1.807) is 0 Å². The molecule has 0 rings (SSSR count). The number of nitrogens with zero attached hydrogens (tertiary/aromatic N) is 1. The van der Waals surface area contributed by atoms with Crippen LogP contribution in [0.4, 0.5) is 9.59 Å². The fourth-order valence-corrected chi connectivity index (χ4v) is 4.53. The van der Waals surface area contributed by atoms with Crippen molar-refractivity contribution >= 4 is 35.7 Å². The van der Waals surface area contributed by atoms with Crippen LogP contribution in [0.15, 0.2) is 0 Å². The van der Waals surface area contributed by atoms with Crippen molar-refractivity contribution in [3.63, 3.8) is 0 Å². The average molecular weight is 615 g/mol. The summed E-state index contributed by atoms with van der Waals surface area (Å²) in [5, 5.41) is -0.675. The predicted octanol–water partition coefficient (Wildman–Crippen LogP) is 9.81. The average Bonchev–Trinajstić information content (AvgIpc) is 2.79. The van der Waals surface area contributed by atoms with E-state index in [4.69, 9.17) is 4.79 Å². The van der Waals surface area contributed by atoms with Crippen LogP contribution < -0.4 is 5.73 Å². The molecule has 0 saturated carbocycles. The number of amides is 2. The Bertz CT molecular complexity index is 453. The van der Waals surface area contributed by atoms with Gasteiger partial charge in [0.05, 0.1) is 0 Å². The van der Waals surface area contributed by atoms with Gasteiger partial charge in [0, 0.05) is 34.2 Å². The second-order valence-electron chi connectivity index (χ2n) is 9.79. The molecule has 0 bridgehead atoms. The largest absolute Gasteiger partial charge is 0.361 e. The van der Waals surface area contributed by atoms with E-state index in [2.05, 4.69) is 51.8 Å². The van der Waals surface area contributed by atoms with Crippen LogP contribution in [-0.4, -0.2) is 28.5 Å². The van der Waals surface area contributed by atoms with Gasteiger partial charge in [-0.15, -0.1) is 0 Å². The zero-order chi connectivity index (χ0) is 25.9. The smallest absolute Gasteiger partial charge is 0.278 e. The van der Waals surface area contributed by atoms with Crippen molar-refractivity contribution in [1.29, 1.82) is 0 Å². The SMILES string of the molecule is CCCCCCCCCCCCCCCCCCN(CC(CC)CCCC)C(=O)S.NC(=O)S.[Mo]. The predicted molar refractivity (Wildman–Crippen MR) is 157 cm³/mol. The monoisotopic (exact) mass is 616 g/mol. The molecule has 35 heavy (non-hydrogen) atoms. The summed E-state index contributed by atoms with van der Waals surface area (Å²) >= 11 is 7.22. The first kappa shape index (κ1) is 39.8. The molecule has 0 radical (unpaired) electrons. The molecule has 2 amide bonds. The molecular formula is C28H58MoN2O2S2. The van der Waals surface area contributed by atoms with Crippen molar-refractivity contribution in [2.24, 2.45) is 11.7 Å². The van der Waals surface area contributed by atoms with Crippen molar-refractivity contribution in [3.8, 4) is 0 Å². The normalized spacial score (nSPS) is 11.2. The maximum atomic E-state index is 11.9. The van der Waals surface area contributed by atoms with E-state index in [0.29, 0.717) is 5.92 Å². The first-order valence-electron chi connectivity index (χ1n) is 14.3. The van der Waals surface area contributed by atoms with Crippen molar-refractivity contribution in [1.82, 2.24) is 4.90 Å². The molecule has 0 aliphatic carbocycles. The van der Waals surface area contributed by atoms with Crippen molar-refractivity contribution in [3.05, 3.63) is 0 Å². The number of carbonyl (C=O) groups excluding carboxylic acids is 2. The number of unbranched alkanes of at least 4 members (excludes halogenated alkanes) is 16. The summed E-state index contributed by atoms with van der Waals surface area (Å²) in [5.74, 6) is 0.641. The van der Waals surface area contributed by atoms with E-state index in [1.807, 2.05) is 4.90 Å². The maximum Gasteiger partial charge on any atom is 0.278 e. The topological polar surface area (TPSA) is 63.4 Å². The van der Waals surface area contributed by atoms with Gasteiger partial charge in [-0.1, -0.05) is 162 Å². The first-order valence-corrected chi connectivity index (χ1v) is 15.2. The Hall–Kier alpha value is 0.328. The zero-order valence-electron chi connectivity index (χ0n) is 23.3. The Kier molecular flexibility index (Phi) is 36.8. The molecule has 0 spiro atoms. The van der Waals surface area contributed by atoms with Crippen molar-refractivity contribution in [2.45, 2.75) is 149 Å². The number of carbonyl (C=O) groups is 2. The zero-order valence-corrected chi connectivity index (χ0v) is 27.1. The van der Waals surface area contributed by atoms with Crippen LogP contribution in [0.1, 0.15) is 149 Å². The molecule has 0 aromatic heterocycles. The van der Waals surface area contributed by atoms with Gasteiger partial charge < -0.3 is 10.6 Å². The molecule has 0 fully saturated rings. The summed E-state index contributed by atoms with van der Waals surface area (Å²) < 4.78 is 0. The minimum Gasteiger partial charge on any atom is -0.361 e. The van der Waals surface area contributed by atoms with E-state index in [-0.39, 0.29) is 26.3 Å². The molecule has 1 atom stereocenters. The summed E-state index contributed by atoms with van der Waals surface area (Å²) in [6, 6.07) is 0. The fourth-order valence-electron chi connectivity index (χ4n) is 4.34. The van der Waals surface area contributed by atoms with Gasteiger partial charge in [-0.2, -0.15) is 0 Å². The van der Waals surface area contributed by atoms with Crippen molar-refractivity contribution in [2.75, 3.05) is 13.1 Å². The maximum absolute atomic E-state index is 11.9. The summed E-state index contributed by atoms with van der Waals surface area (Å²) in [5.41, 5.74) is 4.34. The fraction of sp³-hybridized carbons (Fsp3) is 0.929. The quantitative estimate of drug-likeness (QED) is 0.0609. The Balaban J connectivity index is -0.00000189. The van der Waals surface area contributed by atoms with Crippen LogP contribution in [0.2, 0.25) is 0 Å². The third kappa shape index (κ3) is 34.3. The molecular weight excluding hydrogens is 556 g/mol. The molecule has 0 aliphatic rings. The van der Waals surface area contributed by atoms with Gasteiger partial charge >= 0.3 is 0 Å². The number of primary amides is 1. The third-order valence-corrected chi connectivity index (χ3v) is 6.86. The number of nitrogens with two attached hydrogens (primary N) is 1. The van der Waals surface area contributed by atoms with Crippen LogP contribution in [0.5, 0.6) is 0 Å². The minimum absolute atomic E-state index is 0. The molecule has 1 unspecified atom stereocenters. The Morgan fingerprint density at radius 1 is 0.657 bits per heavy atom. The number of hydrogen-bond acceptors (Lipinski definition) is 2. The number of rotatable bonds is 23. The second kappa shape index (κ2) is 32.4. The van der Waals surface area contributed by atoms with E-state index >= 15 is 0 Å². The van der Waals surface area contributed by atoms with Crippen LogP contribution in [0, 0.1) is 5.92 Å². The van der Waals surface area contributed by atoms with Gasteiger partial charge in [0.1, 0.15) is 0 Å².